The highest BCUT2D eigenvalue weighted by molar-refractivity contribution is 7.88. The van der Waals surface area contributed by atoms with Crippen LogP contribution in [0, 0.1) is 24.2 Å². The minimum atomic E-state index is -3.15. The molecule has 1 aromatic heterocycles. The van der Waals surface area contributed by atoms with E-state index in [4.69, 9.17) is 0 Å². The molecule has 3 fully saturated rings. The van der Waals surface area contributed by atoms with E-state index in [9.17, 15) is 13.2 Å². The summed E-state index contributed by atoms with van der Waals surface area (Å²) >= 11 is 0. The van der Waals surface area contributed by atoms with E-state index < -0.39 is 10.0 Å². The molecule has 0 spiro atoms. The Kier molecular flexibility index (Phi) is 9.75. The number of carbonyl (C=O) groups excluding carboxylic acids is 1. The van der Waals surface area contributed by atoms with Crippen LogP contribution in [0.2, 0.25) is 0 Å². The van der Waals surface area contributed by atoms with Crippen molar-refractivity contribution in [2.24, 2.45) is 17.3 Å². The molecule has 1 aliphatic carbocycles. The Morgan fingerprint density at radius 2 is 1.59 bits per heavy atom. The van der Waals surface area contributed by atoms with Gasteiger partial charge in [-0.3, -0.25) is 4.79 Å². The van der Waals surface area contributed by atoms with Crippen molar-refractivity contribution in [1.29, 1.82) is 0 Å². The van der Waals surface area contributed by atoms with Gasteiger partial charge in [-0.05, 0) is 88.6 Å². The second-order valence-corrected chi connectivity index (χ2v) is 15.5. The van der Waals surface area contributed by atoms with Crippen LogP contribution in [0.25, 0.3) is 0 Å². The second-order valence-electron chi connectivity index (χ2n) is 13.5. The van der Waals surface area contributed by atoms with Crippen LogP contribution in [0.4, 0.5) is 0 Å². The lowest BCUT2D eigenvalue weighted by molar-refractivity contribution is 0.0542. The average molecular weight is 562 g/mol. The molecule has 39 heavy (non-hydrogen) atoms. The minimum Gasteiger partial charge on any atom is -0.337 e. The van der Waals surface area contributed by atoms with Crippen LogP contribution in [0.5, 0.6) is 0 Å². The highest BCUT2D eigenvalue weighted by atomic mass is 32.2. The van der Waals surface area contributed by atoms with E-state index in [2.05, 4.69) is 35.6 Å². The van der Waals surface area contributed by atoms with Crippen LogP contribution in [-0.4, -0.2) is 90.0 Å². The van der Waals surface area contributed by atoms with E-state index in [1.54, 1.807) is 13.4 Å². The van der Waals surface area contributed by atoms with Gasteiger partial charge in [0, 0.05) is 43.5 Å². The number of carbonyl (C=O) groups is 1. The molecule has 2 saturated heterocycles. The van der Waals surface area contributed by atoms with Crippen molar-refractivity contribution in [1.82, 2.24) is 24.1 Å². The summed E-state index contributed by atoms with van der Waals surface area (Å²) in [5, 5.41) is 0. The first kappa shape index (κ1) is 30.4. The van der Waals surface area contributed by atoms with E-state index in [0.717, 1.165) is 87.8 Å². The second kappa shape index (κ2) is 12.5. The maximum atomic E-state index is 13.5. The summed E-state index contributed by atoms with van der Waals surface area (Å²) in [4.78, 5) is 26.9. The molecule has 1 aromatic rings. The third-order valence-electron chi connectivity index (χ3n) is 10.1. The average Bonchev–Trinajstić information content (AvgIpc) is 2.91. The molecule has 9 heteroatoms. The maximum absolute atomic E-state index is 13.5. The van der Waals surface area contributed by atoms with Gasteiger partial charge in [0.25, 0.3) is 5.91 Å². The van der Waals surface area contributed by atoms with Crippen molar-refractivity contribution in [3.8, 4) is 0 Å². The molecule has 0 bridgehead atoms. The van der Waals surface area contributed by atoms with Gasteiger partial charge in [0.15, 0.2) is 0 Å². The SMILES string of the molecule is Cc1c(CCC2CCC(C(C)(C)C)CC2)ncnc1C(=O)N1CCC(N2CCC(N(C)S(C)(=O)=O)CC2)CC1. The van der Waals surface area contributed by atoms with Gasteiger partial charge in [0.05, 0.1) is 6.26 Å². The molecule has 0 radical (unpaired) electrons. The molecule has 0 unspecified atom stereocenters. The van der Waals surface area contributed by atoms with Crippen LogP contribution in [0.3, 0.4) is 0 Å². The molecular formula is C30H51N5O3S. The van der Waals surface area contributed by atoms with E-state index in [1.165, 1.54) is 36.2 Å². The Bertz CT molecular complexity index is 1080. The number of sulfonamides is 1. The topological polar surface area (TPSA) is 86.7 Å². The molecule has 220 valence electrons. The summed E-state index contributed by atoms with van der Waals surface area (Å²) in [6.45, 7) is 12.4. The normalized spacial score (nSPS) is 24.8. The number of aryl methyl sites for hydroxylation is 1. The number of aromatic nitrogens is 2. The Labute approximate surface area is 237 Å². The molecule has 3 heterocycles. The highest BCUT2D eigenvalue weighted by Crippen LogP contribution is 2.41. The number of nitrogens with zero attached hydrogens (tertiary/aromatic N) is 5. The smallest absolute Gasteiger partial charge is 0.272 e. The lowest BCUT2D eigenvalue weighted by atomic mass is 9.69. The standard InChI is InChI=1S/C30H51N5O3S/c1-22-27(12-9-23-7-10-24(11-8-23)30(2,3)4)31-21-32-28(22)29(36)35-19-15-26(16-20-35)34-17-13-25(14-18-34)33(5)39(6,37)38/h21,23-26H,7-20H2,1-6H3. The van der Waals surface area contributed by atoms with Crippen molar-refractivity contribution >= 4 is 15.9 Å². The summed E-state index contributed by atoms with van der Waals surface area (Å²) in [6.07, 6.45) is 13.8. The van der Waals surface area contributed by atoms with Gasteiger partial charge in [-0.25, -0.2) is 22.7 Å². The van der Waals surface area contributed by atoms with Gasteiger partial charge in [-0.15, -0.1) is 0 Å². The van der Waals surface area contributed by atoms with Crippen LogP contribution in [0.15, 0.2) is 6.33 Å². The maximum Gasteiger partial charge on any atom is 0.272 e. The van der Waals surface area contributed by atoms with Gasteiger partial charge >= 0.3 is 0 Å². The van der Waals surface area contributed by atoms with Gasteiger partial charge < -0.3 is 9.80 Å². The number of piperidine rings is 2. The third kappa shape index (κ3) is 7.59. The predicted molar refractivity (Wildman–Crippen MR) is 156 cm³/mol. The fraction of sp³-hybridized carbons (Fsp3) is 0.833. The van der Waals surface area contributed by atoms with E-state index in [1.807, 2.05) is 11.8 Å². The van der Waals surface area contributed by atoms with Crippen molar-refractivity contribution in [2.75, 3.05) is 39.5 Å². The fourth-order valence-electron chi connectivity index (χ4n) is 7.08. The third-order valence-corrected chi connectivity index (χ3v) is 11.4. The summed E-state index contributed by atoms with van der Waals surface area (Å²) in [5.74, 6) is 1.62. The Morgan fingerprint density at radius 3 is 2.15 bits per heavy atom. The predicted octanol–water partition coefficient (Wildman–Crippen LogP) is 4.53. The molecule has 4 rings (SSSR count). The monoisotopic (exact) mass is 561 g/mol. The molecule has 0 atom stereocenters. The van der Waals surface area contributed by atoms with Crippen LogP contribution in [0.1, 0.15) is 100 Å². The summed E-state index contributed by atoms with van der Waals surface area (Å²) in [7, 11) is -1.46. The molecule has 3 aliphatic rings. The summed E-state index contributed by atoms with van der Waals surface area (Å²) in [5.41, 5.74) is 2.96. The minimum absolute atomic E-state index is 0.0359. The highest BCUT2D eigenvalue weighted by Gasteiger charge is 2.34. The molecule has 0 N–H and O–H groups in total. The molecule has 1 amide bonds. The number of likely N-dealkylation sites (tertiary alicyclic amines) is 2. The van der Waals surface area contributed by atoms with E-state index in [0.29, 0.717) is 17.2 Å². The van der Waals surface area contributed by atoms with Gasteiger partial charge in [-0.1, -0.05) is 33.6 Å². The van der Waals surface area contributed by atoms with Crippen molar-refractivity contribution in [3.05, 3.63) is 23.3 Å². The zero-order chi connectivity index (χ0) is 28.4. The number of rotatable bonds is 7. The first-order chi connectivity index (χ1) is 18.3. The van der Waals surface area contributed by atoms with E-state index >= 15 is 0 Å². The van der Waals surface area contributed by atoms with Crippen LogP contribution < -0.4 is 0 Å². The van der Waals surface area contributed by atoms with Crippen LogP contribution in [-0.2, 0) is 16.4 Å². The Balaban J connectivity index is 1.26. The molecule has 8 nitrogen and oxygen atoms in total. The van der Waals surface area contributed by atoms with Crippen molar-refractivity contribution in [3.63, 3.8) is 0 Å². The number of hydrogen-bond acceptors (Lipinski definition) is 6. The Morgan fingerprint density at radius 1 is 0.974 bits per heavy atom. The van der Waals surface area contributed by atoms with E-state index in [-0.39, 0.29) is 11.9 Å². The number of hydrogen-bond donors (Lipinski definition) is 0. The quantitative estimate of drug-likeness (QED) is 0.486. The van der Waals surface area contributed by atoms with Gasteiger partial charge in [0.1, 0.15) is 12.0 Å². The summed E-state index contributed by atoms with van der Waals surface area (Å²) in [6, 6.07) is 0.542. The van der Waals surface area contributed by atoms with Crippen molar-refractivity contribution in [2.45, 2.75) is 104 Å². The molecular weight excluding hydrogens is 510 g/mol. The van der Waals surface area contributed by atoms with Gasteiger partial charge in [-0.2, -0.15) is 0 Å². The molecule has 1 saturated carbocycles. The Hall–Kier alpha value is -1.58. The molecule has 0 aromatic carbocycles. The lowest BCUT2D eigenvalue weighted by Gasteiger charge is -2.43. The van der Waals surface area contributed by atoms with Gasteiger partial charge in [0.2, 0.25) is 10.0 Å². The zero-order valence-corrected chi connectivity index (χ0v) is 26.0. The fourth-order valence-corrected chi connectivity index (χ4v) is 7.83. The zero-order valence-electron chi connectivity index (χ0n) is 25.2. The largest absolute Gasteiger partial charge is 0.337 e. The lowest BCUT2D eigenvalue weighted by Crippen LogP contribution is -2.52. The van der Waals surface area contributed by atoms with Crippen LogP contribution >= 0.6 is 0 Å². The first-order valence-electron chi connectivity index (χ1n) is 15.1. The summed E-state index contributed by atoms with van der Waals surface area (Å²) < 4.78 is 25.3. The molecule has 2 aliphatic heterocycles. The first-order valence-corrected chi connectivity index (χ1v) is 17.0. The van der Waals surface area contributed by atoms with Crippen molar-refractivity contribution < 1.29 is 13.2 Å². The number of amides is 1.